The zero-order valence-electron chi connectivity index (χ0n) is 18.8. The lowest BCUT2D eigenvalue weighted by Gasteiger charge is -2.30. The summed E-state index contributed by atoms with van der Waals surface area (Å²) in [7, 11) is -4.15. The lowest BCUT2D eigenvalue weighted by atomic mass is 9.98. The van der Waals surface area contributed by atoms with Gasteiger partial charge in [-0.25, -0.2) is 8.42 Å². The average Bonchev–Trinajstić information content (AvgIpc) is 2.83. The Labute approximate surface area is 196 Å². The smallest absolute Gasteiger partial charge is 0.416 e. The van der Waals surface area contributed by atoms with E-state index in [9.17, 15) is 31.2 Å². The van der Waals surface area contributed by atoms with E-state index in [-0.39, 0.29) is 31.7 Å². The monoisotopic (exact) mass is 497 g/mol. The number of alkyl halides is 3. The first-order valence-electron chi connectivity index (χ1n) is 10.9. The van der Waals surface area contributed by atoms with Gasteiger partial charge in [0.1, 0.15) is 0 Å². The number of Topliss-reactive ketones (excluding diaryl/α,β-unsaturated/α-hetero) is 1. The summed E-state index contributed by atoms with van der Waals surface area (Å²) in [5.41, 5.74) is 0.461. The molecule has 0 amide bonds. The number of carbonyl (C=O) groups excluding carboxylic acids is 2. The van der Waals surface area contributed by atoms with Gasteiger partial charge in [0, 0.05) is 18.7 Å². The van der Waals surface area contributed by atoms with Crippen molar-refractivity contribution in [3.63, 3.8) is 0 Å². The summed E-state index contributed by atoms with van der Waals surface area (Å²) in [5, 5.41) is 0. The highest BCUT2D eigenvalue weighted by molar-refractivity contribution is 7.89. The van der Waals surface area contributed by atoms with Crippen LogP contribution in [0.2, 0.25) is 0 Å². The number of benzene rings is 2. The zero-order valence-corrected chi connectivity index (χ0v) is 19.7. The normalized spacial score (nSPS) is 16.7. The van der Waals surface area contributed by atoms with E-state index in [0.29, 0.717) is 11.6 Å². The third-order valence-corrected chi connectivity index (χ3v) is 7.79. The van der Waals surface area contributed by atoms with Crippen molar-refractivity contribution in [2.24, 2.45) is 5.92 Å². The molecule has 10 heteroatoms. The highest BCUT2D eigenvalue weighted by atomic mass is 32.2. The van der Waals surface area contributed by atoms with Crippen molar-refractivity contribution in [1.29, 1.82) is 0 Å². The molecule has 0 saturated carbocycles. The van der Waals surface area contributed by atoms with Crippen LogP contribution in [0.4, 0.5) is 13.2 Å². The number of carbonyl (C=O) groups is 2. The van der Waals surface area contributed by atoms with Crippen LogP contribution in [-0.2, 0) is 32.2 Å². The van der Waals surface area contributed by atoms with Crippen molar-refractivity contribution in [3.8, 4) is 0 Å². The number of piperidine rings is 1. The molecule has 3 rings (SSSR count). The third kappa shape index (κ3) is 5.85. The van der Waals surface area contributed by atoms with Gasteiger partial charge in [-0.3, -0.25) is 9.59 Å². The lowest BCUT2D eigenvalue weighted by molar-refractivity contribution is -0.152. The topological polar surface area (TPSA) is 80.8 Å². The largest absolute Gasteiger partial charge is 0.454 e. The maximum Gasteiger partial charge on any atom is 0.416 e. The molecule has 0 bridgehead atoms. The van der Waals surface area contributed by atoms with Crippen LogP contribution in [0.15, 0.2) is 53.4 Å². The predicted molar refractivity (Wildman–Crippen MR) is 119 cm³/mol. The van der Waals surface area contributed by atoms with Gasteiger partial charge in [-0.15, -0.1) is 0 Å². The maximum absolute atomic E-state index is 13.0. The van der Waals surface area contributed by atoms with E-state index in [1.807, 2.05) is 19.1 Å². The van der Waals surface area contributed by atoms with E-state index in [1.165, 1.54) is 6.92 Å². The SMILES string of the molecule is CCc1ccc(C(=O)C(C)OC(=O)C2CCN(S(=O)(=O)c3cccc(C(F)(F)F)c3)CC2)cc1. The average molecular weight is 498 g/mol. The Morgan fingerprint density at radius 2 is 1.71 bits per heavy atom. The van der Waals surface area contributed by atoms with Gasteiger partial charge in [-0.05, 0) is 49.9 Å². The minimum Gasteiger partial charge on any atom is -0.454 e. The van der Waals surface area contributed by atoms with Crippen LogP contribution >= 0.6 is 0 Å². The summed E-state index contributed by atoms with van der Waals surface area (Å²) in [6, 6.07) is 10.6. The fourth-order valence-electron chi connectivity index (χ4n) is 3.78. The maximum atomic E-state index is 13.0. The van der Waals surface area contributed by atoms with E-state index >= 15 is 0 Å². The molecular formula is C24H26F3NO5S. The molecule has 2 aromatic rings. The zero-order chi connectivity index (χ0) is 25.1. The van der Waals surface area contributed by atoms with Gasteiger partial charge in [-0.1, -0.05) is 37.3 Å². The fourth-order valence-corrected chi connectivity index (χ4v) is 5.29. The number of sulfonamides is 1. The molecule has 1 heterocycles. The molecule has 1 fully saturated rings. The van der Waals surface area contributed by atoms with Gasteiger partial charge < -0.3 is 4.74 Å². The quantitative estimate of drug-likeness (QED) is 0.416. The third-order valence-electron chi connectivity index (χ3n) is 5.90. The summed E-state index contributed by atoms with van der Waals surface area (Å²) in [5.74, 6) is -1.53. The van der Waals surface area contributed by atoms with Crippen LogP contribution in [0.25, 0.3) is 0 Å². The lowest BCUT2D eigenvalue weighted by Crippen LogP contribution is -2.41. The first-order chi connectivity index (χ1) is 15.9. The summed E-state index contributed by atoms with van der Waals surface area (Å²) >= 11 is 0. The second-order valence-electron chi connectivity index (χ2n) is 8.20. The molecule has 0 aromatic heterocycles. The molecule has 0 radical (unpaired) electrons. The van der Waals surface area contributed by atoms with E-state index < -0.39 is 44.6 Å². The van der Waals surface area contributed by atoms with Crippen LogP contribution < -0.4 is 0 Å². The molecular weight excluding hydrogens is 471 g/mol. The highest BCUT2D eigenvalue weighted by Crippen LogP contribution is 2.32. The molecule has 184 valence electrons. The molecule has 1 aliphatic rings. The van der Waals surface area contributed by atoms with Gasteiger partial charge in [0.05, 0.1) is 16.4 Å². The minimum absolute atomic E-state index is 0.0425. The molecule has 0 spiro atoms. The van der Waals surface area contributed by atoms with E-state index in [2.05, 4.69) is 0 Å². The molecule has 1 saturated heterocycles. The van der Waals surface area contributed by atoms with Gasteiger partial charge in [0.2, 0.25) is 15.8 Å². The number of nitrogens with zero attached hydrogens (tertiary/aromatic N) is 1. The molecule has 1 atom stereocenters. The second-order valence-corrected chi connectivity index (χ2v) is 10.1. The van der Waals surface area contributed by atoms with Gasteiger partial charge in [-0.2, -0.15) is 17.5 Å². The summed E-state index contributed by atoms with van der Waals surface area (Å²) in [6.45, 7) is 3.40. The van der Waals surface area contributed by atoms with Crippen molar-refractivity contribution >= 4 is 21.8 Å². The van der Waals surface area contributed by atoms with Crippen LogP contribution in [0.1, 0.15) is 48.2 Å². The predicted octanol–water partition coefficient (Wildman–Crippen LogP) is 4.48. The Hall–Kier alpha value is -2.72. The number of rotatable bonds is 7. The molecule has 1 unspecified atom stereocenters. The number of hydrogen-bond donors (Lipinski definition) is 0. The molecule has 1 aliphatic heterocycles. The molecule has 2 aromatic carbocycles. The number of esters is 1. The Kier molecular flexibility index (Phi) is 7.82. The molecule has 6 nitrogen and oxygen atoms in total. The van der Waals surface area contributed by atoms with Crippen LogP contribution in [0, 0.1) is 5.92 Å². The number of halogens is 3. The van der Waals surface area contributed by atoms with Crippen LogP contribution in [0.5, 0.6) is 0 Å². The number of aryl methyl sites for hydroxylation is 1. The van der Waals surface area contributed by atoms with Crippen molar-refractivity contribution in [3.05, 3.63) is 65.2 Å². The summed E-state index contributed by atoms with van der Waals surface area (Å²) in [4.78, 5) is 24.7. The molecule has 0 aliphatic carbocycles. The van der Waals surface area contributed by atoms with Gasteiger partial charge >= 0.3 is 12.1 Å². The van der Waals surface area contributed by atoms with E-state index in [0.717, 1.165) is 34.5 Å². The Balaban J connectivity index is 1.59. The molecule has 34 heavy (non-hydrogen) atoms. The standard InChI is InChI=1S/C24H26F3NO5S/c1-3-17-7-9-18(10-8-17)22(29)16(2)33-23(30)19-11-13-28(14-12-19)34(31,32)21-6-4-5-20(15-21)24(25,26)27/h4-10,15-16,19H,3,11-14H2,1-2H3. The summed E-state index contributed by atoms with van der Waals surface area (Å²) < 4.78 is 70.9. The van der Waals surface area contributed by atoms with E-state index in [1.54, 1.807) is 12.1 Å². The highest BCUT2D eigenvalue weighted by Gasteiger charge is 2.36. The Bertz CT molecular complexity index is 1140. The fraction of sp³-hybridized carbons (Fsp3) is 0.417. The number of ether oxygens (including phenoxy) is 1. The summed E-state index contributed by atoms with van der Waals surface area (Å²) in [6.07, 6.45) is -4.53. The number of ketones is 1. The van der Waals surface area contributed by atoms with Crippen molar-refractivity contribution in [2.45, 2.75) is 50.3 Å². The Morgan fingerprint density at radius 1 is 1.09 bits per heavy atom. The van der Waals surface area contributed by atoms with Crippen LogP contribution in [-0.4, -0.2) is 43.7 Å². The van der Waals surface area contributed by atoms with Crippen molar-refractivity contribution in [1.82, 2.24) is 4.31 Å². The van der Waals surface area contributed by atoms with E-state index in [4.69, 9.17) is 4.74 Å². The Morgan fingerprint density at radius 3 is 2.26 bits per heavy atom. The second kappa shape index (κ2) is 10.3. The first-order valence-corrected chi connectivity index (χ1v) is 12.4. The molecule has 0 N–H and O–H groups in total. The van der Waals surface area contributed by atoms with Gasteiger partial charge in [0.15, 0.2) is 6.10 Å². The first kappa shape index (κ1) is 25.9. The minimum atomic E-state index is -4.66. The van der Waals surface area contributed by atoms with Crippen molar-refractivity contribution < 1.29 is 35.9 Å². The number of hydrogen-bond acceptors (Lipinski definition) is 5. The van der Waals surface area contributed by atoms with Gasteiger partial charge in [0.25, 0.3) is 0 Å². The van der Waals surface area contributed by atoms with Crippen LogP contribution in [0.3, 0.4) is 0 Å². The van der Waals surface area contributed by atoms with Crippen molar-refractivity contribution in [2.75, 3.05) is 13.1 Å².